The minimum atomic E-state index is 0.515. The van der Waals surface area contributed by atoms with Crippen LogP contribution in [0, 0.1) is 0 Å². The Kier molecular flexibility index (Phi) is 3.78. The maximum atomic E-state index is 5.59. The molecule has 5 nitrogen and oxygen atoms in total. The molecule has 5 heteroatoms. The van der Waals surface area contributed by atoms with Crippen LogP contribution in [0.3, 0.4) is 0 Å². The van der Waals surface area contributed by atoms with E-state index in [1.54, 1.807) is 13.4 Å². The monoisotopic (exact) mass is 356 g/mol. The van der Waals surface area contributed by atoms with Crippen molar-refractivity contribution in [3.63, 3.8) is 0 Å². The number of hydrogen-bond acceptors (Lipinski definition) is 4. The molecule has 0 amide bonds. The highest BCUT2D eigenvalue weighted by Crippen LogP contribution is 2.38. The first-order valence-electron chi connectivity index (χ1n) is 9.16. The third-order valence-corrected chi connectivity index (χ3v) is 4.93. The van der Waals surface area contributed by atoms with Crippen LogP contribution >= 0.6 is 0 Å². The molecule has 2 aromatic carbocycles. The number of ether oxygens (including phenoxy) is 1. The predicted octanol–water partition coefficient (Wildman–Crippen LogP) is 4.67. The molecule has 134 valence electrons. The topological polar surface area (TPSA) is 52.0 Å². The summed E-state index contributed by atoms with van der Waals surface area (Å²) in [7, 11) is 1.69. The van der Waals surface area contributed by atoms with E-state index in [0.29, 0.717) is 6.04 Å². The Morgan fingerprint density at radius 1 is 1.00 bits per heavy atom. The molecule has 5 rings (SSSR count). The Labute approximate surface area is 157 Å². The summed E-state index contributed by atoms with van der Waals surface area (Å²) in [4.78, 5) is 9.18. The van der Waals surface area contributed by atoms with Crippen LogP contribution in [0.25, 0.3) is 27.8 Å². The summed E-state index contributed by atoms with van der Waals surface area (Å²) in [5, 5.41) is 4.61. The van der Waals surface area contributed by atoms with Crippen LogP contribution in [-0.2, 0) is 0 Å². The molecule has 2 aromatic heterocycles. The molecule has 1 N–H and O–H groups in total. The molecule has 27 heavy (non-hydrogen) atoms. The molecule has 1 fully saturated rings. The van der Waals surface area contributed by atoms with E-state index >= 15 is 0 Å². The first-order chi connectivity index (χ1) is 13.3. The van der Waals surface area contributed by atoms with Gasteiger partial charge in [0.1, 0.15) is 17.9 Å². The normalized spacial score (nSPS) is 13.7. The van der Waals surface area contributed by atoms with E-state index in [4.69, 9.17) is 4.74 Å². The lowest BCUT2D eigenvalue weighted by Crippen LogP contribution is -2.04. The summed E-state index contributed by atoms with van der Waals surface area (Å²) in [6.45, 7) is 0. The van der Waals surface area contributed by atoms with Gasteiger partial charge < -0.3 is 10.1 Å². The van der Waals surface area contributed by atoms with Gasteiger partial charge in [-0.25, -0.2) is 9.97 Å². The van der Waals surface area contributed by atoms with E-state index in [2.05, 4.69) is 50.3 Å². The fraction of sp³-hybridized carbons (Fsp3) is 0.182. The number of nitrogens with one attached hydrogen (secondary N) is 1. The van der Waals surface area contributed by atoms with Crippen LogP contribution in [0.15, 0.2) is 67.1 Å². The second-order valence-electron chi connectivity index (χ2n) is 6.79. The molecule has 0 aliphatic heterocycles. The number of benzene rings is 2. The lowest BCUT2D eigenvalue weighted by molar-refractivity contribution is 0.413. The fourth-order valence-electron chi connectivity index (χ4n) is 3.44. The van der Waals surface area contributed by atoms with Gasteiger partial charge in [0.15, 0.2) is 5.65 Å². The van der Waals surface area contributed by atoms with Gasteiger partial charge in [-0.3, -0.25) is 4.57 Å². The zero-order chi connectivity index (χ0) is 18.2. The average molecular weight is 356 g/mol. The Balaban J connectivity index is 1.80. The number of methoxy groups -OCH3 is 1. The standard InChI is InChI=1S/C22H20N4O/c1-27-19-10-6-5-9-18(19)26-13-17(15-7-3-2-4-8-15)20-21(25-16-11-12-16)23-14-24-22(20)26/h2-10,13-14,16H,11-12H2,1H3,(H,23,24,25). The molecule has 0 radical (unpaired) electrons. The van der Waals surface area contributed by atoms with Gasteiger partial charge in [-0.2, -0.15) is 0 Å². The number of rotatable bonds is 5. The zero-order valence-corrected chi connectivity index (χ0v) is 15.1. The van der Waals surface area contributed by atoms with E-state index in [-0.39, 0.29) is 0 Å². The lowest BCUT2D eigenvalue weighted by atomic mass is 10.1. The fourth-order valence-corrected chi connectivity index (χ4v) is 3.44. The van der Waals surface area contributed by atoms with Gasteiger partial charge in [-0.05, 0) is 30.5 Å². The van der Waals surface area contributed by atoms with Gasteiger partial charge in [0.25, 0.3) is 0 Å². The van der Waals surface area contributed by atoms with Crippen molar-refractivity contribution in [1.82, 2.24) is 14.5 Å². The average Bonchev–Trinajstić information content (AvgIpc) is 3.46. The second-order valence-corrected chi connectivity index (χ2v) is 6.79. The van der Waals surface area contributed by atoms with Gasteiger partial charge >= 0.3 is 0 Å². The molecule has 4 aromatic rings. The minimum Gasteiger partial charge on any atom is -0.495 e. The van der Waals surface area contributed by atoms with Crippen LogP contribution in [0.5, 0.6) is 5.75 Å². The first-order valence-corrected chi connectivity index (χ1v) is 9.16. The van der Waals surface area contributed by atoms with Crippen molar-refractivity contribution in [1.29, 1.82) is 0 Å². The third kappa shape index (κ3) is 2.81. The maximum Gasteiger partial charge on any atom is 0.150 e. The first kappa shape index (κ1) is 15.9. The van der Waals surface area contributed by atoms with Gasteiger partial charge in [-0.1, -0.05) is 42.5 Å². The third-order valence-electron chi connectivity index (χ3n) is 4.93. The molecule has 1 saturated carbocycles. The van der Waals surface area contributed by atoms with E-state index in [1.807, 2.05) is 30.3 Å². The Bertz CT molecular complexity index is 1100. The van der Waals surface area contributed by atoms with Crippen LogP contribution in [0.4, 0.5) is 5.82 Å². The van der Waals surface area contributed by atoms with Crippen molar-refractivity contribution < 1.29 is 4.74 Å². The van der Waals surface area contributed by atoms with Crippen molar-refractivity contribution in [2.45, 2.75) is 18.9 Å². The Hall–Kier alpha value is -3.34. The van der Waals surface area contributed by atoms with Crippen molar-refractivity contribution in [3.8, 4) is 22.6 Å². The van der Waals surface area contributed by atoms with Crippen LogP contribution in [0.1, 0.15) is 12.8 Å². The molecule has 0 saturated heterocycles. The summed E-state index contributed by atoms with van der Waals surface area (Å²) in [5.41, 5.74) is 4.09. The maximum absolute atomic E-state index is 5.59. The Morgan fingerprint density at radius 2 is 1.78 bits per heavy atom. The molecule has 2 heterocycles. The largest absolute Gasteiger partial charge is 0.495 e. The molecule has 0 unspecified atom stereocenters. The summed E-state index contributed by atoms with van der Waals surface area (Å²) < 4.78 is 7.68. The van der Waals surface area contributed by atoms with E-state index in [9.17, 15) is 0 Å². The van der Waals surface area contributed by atoms with Gasteiger partial charge in [0, 0.05) is 17.8 Å². The van der Waals surface area contributed by atoms with Gasteiger partial charge in [0.2, 0.25) is 0 Å². The molecule has 0 atom stereocenters. The molecule has 1 aliphatic carbocycles. The van der Waals surface area contributed by atoms with Crippen molar-refractivity contribution >= 4 is 16.9 Å². The summed E-state index contributed by atoms with van der Waals surface area (Å²) in [6.07, 6.45) is 6.15. The van der Waals surface area contributed by atoms with Gasteiger partial charge in [-0.15, -0.1) is 0 Å². The summed E-state index contributed by atoms with van der Waals surface area (Å²) in [5.74, 6) is 1.71. The lowest BCUT2D eigenvalue weighted by Gasteiger charge is -2.10. The van der Waals surface area contributed by atoms with E-state index in [1.165, 1.54) is 12.8 Å². The number of fused-ring (bicyclic) bond motifs is 1. The molecule has 0 bridgehead atoms. The molecule has 0 spiro atoms. The number of hydrogen-bond donors (Lipinski definition) is 1. The second kappa shape index (κ2) is 6.43. The minimum absolute atomic E-state index is 0.515. The van der Waals surface area contributed by atoms with Crippen LogP contribution in [0.2, 0.25) is 0 Å². The smallest absolute Gasteiger partial charge is 0.150 e. The van der Waals surface area contributed by atoms with Gasteiger partial charge in [0.05, 0.1) is 18.2 Å². The number of aromatic nitrogens is 3. The summed E-state index contributed by atoms with van der Waals surface area (Å²) in [6, 6.07) is 18.9. The number of para-hydroxylation sites is 2. The highest BCUT2D eigenvalue weighted by atomic mass is 16.5. The number of nitrogens with zero attached hydrogens (tertiary/aromatic N) is 3. The van der Waals surface area contributed by atoms with Crippen LogP contribution < -0.4 is 10.1 Å². The number of anilines is 1. The van der Waals surface area contributed by atoms with Crippen molar-refractivity contribution in [2.75, 3.05) is 12.4 Å². The quantitative estimate of drug-likeness (QED) is 0.564. The van der Waals surface area contributed by atoms with Crippen molar-refractivity contribution in [2.24, 2.45) is 0 Å². The van der Waals surface area contributed by atoms with Crippen LogP contribution in [-0.4, -0.2) is 27.7 Å². The predicted molar refractivity (Wildman–Crippen MR) is 107 cm³/mol. The molecular formula is C22H20N4O. The van der Waals surface area contributed by atoms with E-state index < -0.39 is 0 Å². The highest BCUT2D eigenvalue weighted by Gasteiger charge is 2.25. The molecular weight excluding hydrogens is 336 g/mol. The summed E-state index contributed by atoms with van der Waals surface area (Å²) >= 11 is 0. The van der Waals surface area contributed by atoms with E-state index in [0.717, 1.165) is 39.4 Å². The zero-order valence-electron chi connectivity index (χ0n) is 15.1. The SMILES string of the molecule is COc1ccccc1-n1cc(-c2ccccc2)c2c(NC3CC3)ncnc21. The highest BCUT2D eigenvalue weighted by molar-refractivity contribution is 6.02. The van der Waals surface area contributed by atoms with Crippen molar-refractivity contribution in [3.05, 3.63) is 67.1 Å². The molecule has 1 aliphatic rings. The Morgan fingerprint density at radius 3 is 2.56 bits per heavy atom.